The van der Waals surface area contributed by atoms with Gasteiger partial charge in [0.1, 0.15) is 11.4 Å². The number of H-pyrrole nitrogens is 1. The monoisotopic (exact) mass is 232 g/mol. The lowest BCUT2D eigenvalue weighted by Gasteiger charge is -2.16. The Bertz CT molecular complexity index is 550. The van der Waals surface area contributed by atoms with Crippen LogP contribution < -0.4 is 10.6 Å². The number of phenolic OH excluding ortho intramolecular Hbond substituents is 1. The zero-order valence-electron chi connectivity index (χ0n) is 9.21. The molecule has 0 saturated carbocycles. The number of carbonyl (C=O) groups is 1. The van der Waals surface area contributed by atoms with Crippen molar-refractivity contribution in [2.75, 3.05) is 17.7 Å². The highest BCUT2D eigenvalue weighted by Gasteiger charge is 2.17. The van der Waals surface area contributed by atoms with Gasteiger partial charge in [-0.05, 0) is 12.1 Å². The lowest BCUT2D eigenvalue weighted by atomic mass is 10.2. The van der Waals surface area contributed by atoms with Gasteiger partial charge in [0.25, 0.3) is 5.91 Å². The number of phenols is 1. The van der Waals surface area contributed by atoms with Crippen molar-refractivity contribution in [3.8, 4) is 5.75 Å². The molecule has 1 heterocycles. The van der Waals surface area contributed by atoms with Gasteiger partial charge in [0.2, 0.25) is 0 Å². The van der Waals surface area contributed by atoms with Gasteiger partial charge in [0.05, 0.1) is 11.9 Å². The fraction of sp³-hybridized carbons (Fsp3) is 0.0909. The zero-order chi connectivity index (χ0) is 12.4. The Kier molecular flexibility index (Phi) is 2.70. The van der Waals surface area contributed by atoms with E-state index in [4.69, 9.17) is 5.73 Å². The number of nitrogen functional groups attached to an aromatic ring is 1. The minimum Gasteiger partial charge on any atom is -0.508 e. The summed E-state index contributed by atoms with van der Waals surface area (Å²) in [6.07, 6.45) is 1.38. The van der Waals surface area contributed by atoms with Crippen LogP contribution in [0.25, 0.3) is 0 Å². The van der Waals surface area contributed by atoms with Crippen molar-refractivity contribution in [3.63, 3.8) is 0 Å². The maximum absolute atomic E-state index is 12.0. The standard InChI is InChI=1S/C11H12N4O2/c1-15(7-3-2-4-8(16)5-7)11(17)10-9(12)6-13-14-10/h2-6,16H,12H2,1H3,(H,13,14). The molecule has 2 rings (SSSR count). The molecular weight excluding hydrogens is 220 g/mol. The fourth-order valence-electron chi connectivity index (χ4n) is 1.45. The first-order chi connectivity index (χ1) is 8.09. The number of carbonyl (C=O) groups excluding carboxylic acids is 1. The van der Waals surface area contributed by atoms with Crippen molar-refractivity contribution in [1.82, 2.24) is 10.2 Å². The second kappa shape index (κ2) is 4.17. The van der Waals surface area contributed by atoms with Gasteiger partial charge >= 0.3 is 0 Å². The Balaban J connectivity index is 2.30. The van der Waals surface area contributed by atoms with E-state index in [1.165, 1.54) is 23.2 Å². The Morgan fingerprint density at radius 1 is 1.53 bits per heavy atom. The largest absolute Gasteiger partial charge is 0.508 e. The summed E-state index contributed by atoms with van der Waals surface area (Å²) in [5, 5.41) is 15.6. The van der Waals surface area contributed by atoms with Crippen molar-refractivity contribution < 1.29 is 9.90 Å². The molecule has 0 fully saturated rings. The molecule has 0 radical (unpaired) electrons. The molecule has 0 spiro atoms. The first-order valence-electron chi connectivity index (χ1n) is 4.95. The van der Waals surface area contributed by atoms with E-state index in [0.29, 0.717) is 11.4 Å². The first-order valence-corrected chi connectivity index (χ1v) is 4.95. The summed E-state index contributed by atoms with van der Waals surface area (Å²) in [6, 6.07) is 6.39. The molecule has 2 aromatic rings. The number of amides is 1. The molecule has 4 N–H and O–H groups in total. The molecule has 6 heteroatoms. The number of anilines is 2. The minimum atomic E-state index is -0.314. The highest BCUT2D eigenvalue weighted by molar-refractivity contribution is 6.07. The van der Waals surface area contributed by atoms with E-state index in [2.05, 4.69) is 10.2 Å². The third-order valence-corrected chi connectivity index (χ3v) is 2.40. The van der Waals surface area contributed by atoms with Gasteiger partial charge in [-0.2, -0.15) is 5.10 Å². The smallest absolute Gasteiger partial charge is 0.278 e. The molecule has 88 valence electrons. The first kappa shape index (κ1) is 11.0. The van der Waals surface area contributed by atoms with Crippen LogP contribution in [0.1, 0.15) is 10.5 Å². The molecule has 0 aliphatic rings. The predicted molar refractivity (Wildman–Crippen MR) is 63.8 cm³/mol. The van der Waals surface area contributed by atoms with Gasteiger partial charge < -0.3 is 15.7 Å². The van der Waals surface area contributed by atoms with Gasteiger partial charge in [-0.25, -0.2) is 0 Å². The molecule has 1 aromatic heterocycles. The molecule has 0 atom stereocenters. The Labute approximate surface area is 97.7 Å². The average Bonchev–Trinajstić information content (AvgIpc) is 2.73. The number of nitrogens with zero attached hydrogens (tertiary/aromatic N) is 2. The van der Waals surface area contributed by atoms with Crippen molar-refractivity contribution in [3.05, 3.63) is 36.2 Å². The van der Waals surface area contributed by atoms with Crippen LogP contribution in [0.15, 0.2) is 30.5 Å². The lowest BCUT2D eigenvalue weighted by Crippen LogP contribution is -2.27. The minimum absolute atomic E-state index is 0.0970. The van der Waals surface area contributed by atoms with E-state index < -0.39 is 0 Å². The molecule has 0 aliphatic heterocycles. The van der Waals surface area contributed by atoms with E-state index in [1.54, 1.807) is 19.2 Å². The van der Waals surface area contributed by atoms with E-state index in [-0.39, 0.29) is 17.4 Å². The average molecular weight is 232 g/mol. The van der Waals surface area contributed by atoms with Crippen LogP contribution >= 0.6 is 0 Å². The third-order valence-electron chi connectivity index (χ3n) is 2.40. The number of aromatic nitrogens is 2. The van der Waals surface area contributed by atoms with Crippen molar-refractivity contribution in [1.29, 1.82) is 0 Å². The molecular formula is C11H12N4O2. The number of rotatable bonds is 2. The van der Waals surface area contributed by atoms with Crippen molar-refractivity contribution in [2.45, 2.75) is 0 Å². The summed E-state index contributed by atoms with van der Waals surface area (Å²) in [7, 11) is 1.59. The van der Waals surface area contributed by atoms with Gasteiger partial charge in [-0.3, -0.25) is 9.89 Å². The number of nitrogens with two attached hydrogens (primary N) is 1. The predicted octanol–water partition coefficient (Wildman–Crippen LogP) is 0.974. The number of hydrogen-bond donors (Lipinski definition) is 3. The summed E-state index contributed by atoms with van der Waals surface area (Å²) < 4.78 is 0. The molecule has 0 saturated heterocycles. The number of hydrogen-bond acceptors (Lipinski definition) is 4. The summed E-state index contributed by atoms with van der Waals surface area (Å²) in [5.74, 6) is -0.217. The summed E-state index contributed by atoms with van der Waals surface area (Å²) in [4.78, 5) is 13.4. The Hall–Kier alpha value is -2.50. The third kappa shape index (κ3) is 2.05. The highest BCUT2D eigenvalue weighted by atomic mass is 16.3. The maximum atomic E-state index is 12.0. The number of aromatic amines is 1. The van der Waals surface area contributed by atoms with Crippen LogP contribution in [0, 0.1) is 0 Å². The van der Waals surface area contributed by atoms with Crippen molar-refractivity contribution in [2.24, 2.45) is 0 Å². The van der Waals surface area contributed by atoms with Gasteiger partial charge in [-0.15, -0.1) is 0 Å². The van der Waals surface area contributed by atoms with E-state index in [0.717, 1.165) is 0 Å². The Morgan fingerprint density at radius 3 is 2.88 bits per heavy atom. The van der Waals surface area contributed by atoms with E-state index in [9.17, 15) is 9.90 Å². The van der Waals surface area contributed by atoms with Crippen molar-refractivity contribution >= 4 is 17.3 Å². The summed E-state index contributed by atoms with van der Waals surface area (Å²) >= 11 is 0. The quantitative estimate of drug-likeness (QED) is 0.719. The highest BCUT2D eigenvalue weighted by Crippen LogP contribution is 2.21. The zero-order valence-corrected chi connectivity index (χ0v) is 9.21. The summed E-state index contributed by atoms with van der Waals surface area (Å²) in [5.41, 5.74) is 6.70. The second-order valence-electron chi connectivity index (χ2n) is 3.58. The van der Waals surface area contributed by atoms with Gasteiger partial charge in [-0.1, -0.05) is 6.07 Å². The Morgan fingerprint density at radius 2 is 2.29 bits per heavy atom. The van der Waals surface area contributed by atoms with E-state index >= 15 is 0 Å². The topological polar surface area (TPSA) is 95.2 Å². The molecule has 0 unspecified atom stereocenters. The van der Waals surface area contributed by atoms with Crippen LogP contribution in [0.4, 0.5) is 11.4 Å². The fourth-order valence-corrected chi connectivity index (χ4v) is 1.45. The van der Waals surface area contributed by atoms with Crippen LogP contribution in [-0.4, -0.2) is 28.3 Å². The maximum Gasteiger partial charge on any atom is 0.278 e. The number of nitrogens with one attached hydrogen (secondary N) is 1. The molecule has 0 bridgehead atoms. The molecule has 17 heavy (non-hydrogen) atoms. The van der Waals surface area contributed by atoms with Gasteiger partial charge in [0.15, 0.2) is 0 Å². The number of aromatic hydroxyl groups is 1. The van der Waals surface area contributed by atoms with Crippen LogP contribution in [0.5, 0.6) is 5.75 Å². The van der Waals surface area contributed by atoms with E-state index in [1.807, 2.05) is 0 Å². The lowest BCUT2D eigenvalue weighted by molar-refractivity contribution is 0.0989. The molecule has 1 amide bonds. The molecule has 0 aliphatic carbocycles. The summed E-state index contributed by atoms with van der Waals surface area (Å²) in [6.45, 7) is 0. The van der Waals surface area contributed by atoms with Crippen LogP contribution in [0.2, 0.25) is 0 Å². The second-order valence-corrected chi connectivity index (χ2v) is 3.58. The molecule has 1 aromatic carbocycles. The number of benzene rings is 1. The van der Waals surface area contributed by atoms with Crippen LogP contribution in [-0.2, 0) is 0 Å². The normalized spacial score (nSPS) is 10.2. The van der Waals surface area contributed by atoms with Gasteiger partial charge in [0, 0.05) is 18.8 Å². The SMILES string of the molecule is CN(C(=O)c1[nH]ncc1N)c1cccc(O)c1. The molecule has 6 nitrogen and oxygen atoms in total. The van der Waals surface area contributed by atoms with Crippen LogP contribution in [0.3, 0.4) is 0 Å².